The predicted octanol–water partition coefficient (Wildman–Crippen LogP) is 1.38. The predicted molar refractivity (Wildman–Crippen MR) is 93.7 cm³/mol. The second-order valence-corrected chi connectivity index (χ2v) is 5.87. The summed E-state index contributed by atoms with van der Waals surface area (Å²) in [5.74, 6) is 0.0733. The van der Waals surface area contributed by atoms with Crippen molar-refractivity contribution in [3.63, 3.8) is 0 Å². The van der Waals surface area contributed by atoms with Gasteiger partial charge in [-0.15, -0.1) is 5.10 Å². The lowest BCUT2D eigenvalue weighted by Crippen LogP contribution is -2.47. The molecule has 1 atom stereocenters. The van der Waals surface area contributed by atoms with E-state index in [0.29, 0.717) is 17.2 Å². The zero-order valence-electron chi connectivity index (χ0n) is 14.3. The van der Waals surface area contributed by atoms with Gasteiger partial charge < -0.3 is 9.47 Å². The molecule has 9 nitrogen and oxygen atoms in total. The van der Waals surface area contributed by atoms with E-state index in [2.05, 4.69) is 15.5 Å². The number of hydrogen-bond acceptors (Lipinski definition) is 7. The van der Waals surface area contributed by atoms with E-state index in [9.17, 15) is 9.59 Å². The van der Waals surface area contributed by atoms with Gasteiger partial charge in [0.25, 0.3) is 5.91 Å². The molecule has 1 amide bonds. The van der Waals surface area contributed by atoms with Crippen LogP contribution in [-0.2, 0) is 9.59 Å². The highest BCUT2D eigenvalue weighted by molar-refractivity contribution is 6.03. The minimum atomic E-state index is -0.664. The van der Waals surface area contributed by atoms with Crippen molar-refractivity contribution in [3.8, 4) is 17.2 Å². The highest BCUT2D eigenvalue weighted by atomic mass is 16.5. The van der Waals surface area contributed by atoms with Crippen LogP contribution in [0.25, 0.3) is 5.69 Å². The average molecular weight is 365 g/mol. The first-order chi connectivity index (χ1) is 13.1. The molecule has 0 spiro atoms. The van der Waals surface area contributed by atoms with Crippen molar-refractivity contribution in [1.82, 2.24) is 20.2 Å². The monoisotopic (exact) mass is 365 g/mol. The molecule has 1 aromatic heterocycles. The number of aromatic nitrogens is 4. The minimum Gasteiger partial charge on any atom is -0.479 e. The van der Waals surface area contributed by atoms with E-state index in [-0.39, 0.29) is 12.5 Å². The van der Waals surface area contributed by atoms with Gasteiger partial charge in [0.05, 0.1) is 11.4 Å². The quantitative estimate of drug-likeness (QED) is 0.509. The summed E-state index contributed by atoms with van der Waals surface area (Å²) in [6, 6.07) is 13.8. The Morgan fingerprint density at radius 1 is 1.19 bits per heavy atom. The minimum absolute atomic E-state index is 0.210. The molecule has 4 rings (SSSR count). The number of nitrogens with zero attached hydrogens (tertiary/aromatic N) is 5. The number of ether oxygens (including phenoxy) is 2. The first kappa shape index (κ1) is 16.7. The van der Waals surface area contributed by atoms with Crippen LogP contribution in [0.3, 0.4) is 0 Å². The summed E-state index contributed by atoms with van der Waals surface area (Å²) in [6.07, 6.45) is 0.798. The number of esters is 1. The Labute approximate surface area is 154 Å². The third kappa shape index (κ3) is 3.34. The van der Waals surface area contributed by atoms with Crippen molar-refractivity contribution in [2.45, 2.75) is 13.0 Å². The van der Waals surface area contributed by atoms with Crippen LogP contribution in [0.1, 0.15) is 6.92 Å². The van der Waals surface area contributed by atoms with Crippen molar-refractivity contribution in [1.29, 1.82) is 0 Å². The molecule has 9 heteroatoms. The zero-order chi connectivity index (χ0) is 18.8. The van der Waals surface area contributed by atoms with E-state index in [1.807, 2.05) is 6.07 Å². The molecule has 27 heavy (non-hydrogen) atoms. The number of hydrogen-bond donors (Lipinski definition) is 0. The van der Waals surface area contributed by atoms with Gasteiger partial charge in [-0.05, 0) is 53.7 Å². The lowest BCUT2D eigenvalue weighted by atomic mass is 10.2. The van der Waals surface area contributed by atoms with E-state index in [0.717, 1.165) is 5.69 Å². The molecule has 0 radical (unpaired) electrons. The molecule has 0 aliphatic carbocycles. The molecule has 1 aliphatic heterocycles. The number of tetrazole rings is 1. The Kier molecular flexibility index (Phi) is 4.25. The largest absolute Gasteiger partial charge is 0.479 e. The van der Waals surface area contributed by atoms with Crippen molar-refractivity contribution >= 4 is 17.6 Å². The molecule has 0 saturated heterocycles. The smallest absolute Gasteiger partial charge is 0.331 e. The third-order valence-electron chi connectivity index (χ3n) is 4.04. The topological polar surface area (TPSA) is 99.4 Å². The fraction of sp³-hybridized carbons (Fsp3) is 0.167. The second-order valence-electron chi connectivity index (χ2n) is 5.87. The maximum atomic E-state index is 12.4. The molecule has 0 bridgehead atoms. The third-order valence-corrected chi connectivity index (χ3v) is 4.04. The van der Waals surface area contributed by atoms with Crippen LogP contribution in [0.4, 0.5) is 5.69 Å². The van der Waals surface area contributed by atoms with E-state index >= 15 is 0 Å². The Balaban J connectivity index is 1.47. The van der Waals surface area contributed by atoms with Gasteiger partial charge in [0.1, 0.15) is 24.4 Å². The zero-order valence-corrected chi connectivity index (χ0v) is 14.3. The summed E-state index contributed by atoms with van der Waals surface area (Å²) in [7, 11) is 0. The van der Waals surface area contributed by atoms with Crippen LogP contribution in [-0.4, -0.2) is 44.7 Å². The molecule has 2 heterocycles. The number of anilines is 1. The van der Waals surface area contributed by atoms with E-state index in [1.54, 1.807) is 49.4 Å². The lowest BCUT2D eigenvalue weighted by Gasteiger charge is -2.32. The van der Waals surface area contributed by atoms with Gasteiger partial charge in [0.15, 0.2) is 6.10 Å². The summed E-state index contributed by atoms with van der Waals surface area (Å²) in [6.45, 7) is 1.44. The number of amides is 1. The Morgan fingerprint density at radius 2 is 1.96 bits per heavy atom. The highest BCUT2D eigenvalue weighted by Gasteiger charge is 2.32. The van der Waals surface area contributed by atoms with Crippen molar-refractivity contribution in [2.75, 3.05) is 11.4 Å². The Bertz CT molecular complexity index is 972. The summed E-state index contributed by atoms with van der Waals surface area (Å²) in [5, 5.41) is 10.9. The van der Waals surface area contributed by atoms with E-state index in [1.165, 1.54) is 15.9 Å². The normalized spacial score (nSPS) is 15.8. The second kappa shape index (κ2) is 6.87. The summed E-state index contributed by atoms with van der Waals surface area (Å²) < 4.78 is 12.4. The van der Waals surface area contributed by atoms with Gasteiger partial charge in [-0.25, -0.2) is 9.48 Å². The standard InChI is InChI=1S/C18H15N5O4/c1-12-18(25)22(15-4-2-3-5-16(15)26-12)10-17(24)27-14-8-6-13(7-9-14)23-11-19-20-21-23/h2-9,11-12H,10H2,1H3. The molecule has 1 unspecified atom stereocenters. The number of carbonyl (C=O) groups is 2. The van der Waals surface area contributed by atoms with Crippen molar-refractivity contribution < 1.29 is 19.1 Å². The van der Waals surface area contributed by atoms with Crippen molar-refractivity contribution in [3.05, 3.63) is 54.9 Å². The van der Waals surface area contributed by atoms with Gasteiger partial charge in [0, 0.05) is 0 Å². The fourth-order valence-corrected chi connectivity index (χ4v) is 2.76. The van der Waals surface area contributed by atoms with Crippen LogP contribution in [0, 0.1) is 0 Å². The molecular formula is C18H15N5O4. The SMILES string of the molecule is CC1Oc2ccccc2N(CC(=O)Oc2ccc(-n3cnnn3)cc2)C1=O. The van der Waals surface area contributed by atoms with Gasteiger partial charge in [-0.2, -0.15) is 0 Å². The summed E-state index contributed by atoms with van der Waals surface area (Å²) >= 11 is 0. The molecule has 0 saturated carbocycles. The molecule has 0 N–H and O–H groups in total. The first-order valence-corrected chi connectivity index (χ1v) is 8.23. The van der Waals surface area contributed by atoms with Crippen LogP contribution in [0.5, 0.6) is 11.5 Å². The van der Waals surface area contributed by atoms with Gasteiger partial charge in [-0.3, -0.25) is 9.69 Å². The number of carbonyl (C=O) groups excluding carboxylic acids is 2. The maximum Gasteiger partial charge on any atom is 0.331 e. The molecule has 0 fully saturated rings. The Morgan fingerprint density at radius 3 is 2.70 bits per heavy atom. The van der Waals surface area contributed by atoms with Gasteiger partial charge >= 0.3 is 5.97 Å². The summed E-state index contributed by atoms with van der Waals surface area (Å²) in [5.41, 5.74) is 1.28. The highest BCUT2D eigenvalue weighted by Crippen LogP contribution is 2.33. The number of rotatable bonds is 4. The number of benzene rings is 2. The average Bonchev–Trinajstić information content (AvgIpc) is 3.21. The number of fused-ring (bicyclic) bond motifs is 1. The lowest BCUT2D eigenvalue weighted by molar-refractivity contribution is -0.135. The fourth-order valence-electron chi connectivity index (χ4n) is 2.76. The van der Waals surface area contributed by atoms with Crippen LogP contribution >= 0.6 is 0 Å². The van der Waals surface area contributed by atoms with Crippen LogP contribution in [0.2, 0.25) is 0 Å². The summed E-state index contributed by atoms with van der Waals surface area (Å²) in [4.78, 5) is 26.2. The van der Waals surface area contributed by atoms with Gasteiger partial charge in [-0.1, -0.05) is 12.1 Å². The molecule has 3 aromatic rings. The number of para-hydroxylation sites is 2. The van der Waals surface area contributed by atoms with E-state index in [4.69, 9.17) is 9.47 Å². The molecule has 136 valence electrons. The van der Waals surface area contributed by atoms with Gasteiger partial charge in [0.2, 0.25) is 0 Å². The molecular weight excluding hydrogens is 350 g/mol. The van der Waals surface area contributed by atoms with Crippen molar-refractivity contribution in [2.24, 2.45) is 0 Å². The molecule has 2 aromatic carbocycles. The Hall–Kier alpha value is -3.75. The van der Waals surface area contributed by atoms with E-state index < -0.39 is 12.1 Å². The first-order valence-electron chi connectivity index (χ1n) is 8.23. The van der Waals surface area contributed by atoms with Crippen LogP contribution in [0.15, 0.2) is 54.9 Å². The van der Waals surface area contributed by atoms with Crippen LogP contribution < -0.4 is 14.4 Å². The maximum absolute atomic E-state index is 12.4. The molecule has 1 aliphatic rings.